The SMILES string of the molecule is CC[C@@H]1CN2c3nc(OC[C@@]45CCCN4C[C@H](F)C5)nc4c(F)c(-c5cc(N)c(F)c(C)c5S(C)(=O)=O)nc(c34)O[C@@H](C)[C@@H]2CN1. The molecule has 11 nitrogen and oxygen atoms in total. The molecule has 0 aliphatic carbocycles. The molecule has 0 saturated carbocycles. The van der Waals surface area contributed by atoms with Gasteiger partial charge in [-0.05, 0) is 45.7 Å². The molecule has 4 aliphatic rings. The van der Waals surface area contributed by atoms with E-state index in [0.717, 1.165) is 38.1 Å². The Morgan fingerprint density at radius 1 is 1.22 bits per heavy atom. The first kappa shape index (κ1) is 31.2. The van der Waals surface area contributed by atoms with E-state index in [1.54, 1.807) is 0 Å². The number of alkyl halides is 1. The summed E-state index contributed by atoms with van der Waals surface area (Å²) in [6.07, 6.45) is 2.38. The monoisotopic (exact) mass is 661 g/mol. The van der Waals surface area contributed by atoms with Gasteiger partial charge in [-0.25, -0.2) is 26.6 Å². The van der Waals surface area contributed by atoms with Crippen molar-refractivity contribution < 1.29 is 31.1 Å². The van der Waals surface area contributed by atoms with Gasteiger partial charge in [-0.15, -0.1) is 0 Å². The fourth-order valence-corrected chi connectivity index (χ4v) is 8.97. The Morgan fingerprint density at radius 2 is 2.00 bits per heavy atom. The van der Waals surface area contributed by atoms with Gasteiger partial charge in [-0.1, -0.05) is 6.92 Å². The number of pyridine rings is 1. The molecule has 6 heterocycles. The third kappa shape index (κ3) is 4.93. The number of aromatic nitrogens is 3. The zero-order valence-electron chi connectivity index (χ0n) is 26.2. The van der Waals surface area contributed by atoms with Crippen molar-refractivity contribution in [3.63, 3.8) is 0 Å². The molecule has 15 heteroatoms. The van der Waals surface area contributed by atoms with Crippen LogP contribution in [0.25, 0.3) is 22.2 Å². The molecule has 46 heavy (non-hydrogen) atoms. The van der Waals surface area contributed by atoms with Gasteiger partial charge in [0.15, 0.2) is 15.7 Å². The van der Waals surface area contributed by atoms with Gasteiger partial charge in [0.25, 0.3) is 0 Å². The maximum Gasteiger partial charge on any atom is 0.319 e. The van der Waals surface area contributed by atoms with E-state index in [-0.39, 0.29) is 58.3 Å². The summed E-state index contributed by atoms with van der Waals surface area (Å²) >= 11 is 0. The number of nitrogens with zero attached hydrogens (tertiary/aromatic N) is 5. The van der Waals surface area contributed by atoms with Crippen molar-refractivity contribution in [2.75, 3.05) is 49.7 Å². The molecule has 0 radical (unpaired) electrons. The van der Waals surface area contributed by atoms with Gasteiger partial charge in [0.2, 0.25) is 5.88 Å². The molecule has 0 spiro atoms. The number of hydrogen-bond donors (Lipinski definition) is 2. The molecule has 0 unspecified atom stereocenters. The number of benzene rings is 1. The number of anilines is 2. The van der Waals surface area contributed by atoms with Crippen molar-refractivity contribution in [1.29, 1.82) is 0 Å². The van der Waals surface area contributed by atoms with Crippen LogP contribution in [-0.2, 0) is 9.84 Å². The van der Waals surface area contributed by atoms with E-state index in [4.69, 9.17) is 20.2 Å². The molecule has 0 bridgehead atoms. The molecule has 3 N–H and O–H groups in total. The molecular formula is C31H38F3N7O4S. The number of fused-ring (bicyclic) bond motifs is 3. The summed E-state index contributed by atoms with van der Waals surface area (Å²) in [4.78, 5) is 17.6. The average Bonchev–Trinajstić information content (AvgIpc) is 3.50. The summed E-state index contributed by atoms with van der Waals surface area (Å²) in [5.74, 6) is -1.47. The predicted molar refractivity (Wildman–Crippen MR) is 167 cm³/mol. The van der Waals surface area contributed by atoms with Crippen molar-refractivity contribution in [2.45, 2.75) is 81.2 Å². The van der Waals surface area contributed by atoms with Crippen LogP contribution in [0.4, 0.5) is 24.7 Å². The molecule has 5 atom stereocenters. The molecule has 1 aromatic carbocycles. The van der Waals surface area contributed by atoms with Gasteiger partial charge >= 0.3 is 6.01 Å². The summed E-state index contributed by atoms with van der Waals surface area (Å²) in [5.41, 5.74) is 4.04. The lowest BCUT2D eigenvalue weighted by Crippen LogP contribution is -2.60. The lowest BCUT2D eigenvalue weighted by atomic mass is 9.95. The van der Waals surface area contributed by atoms with Crippen molar-refractivity contribution in [2.24, 2.45) is 0 Å². The highest BCUT2D eigenvalue weighted by Gasteiger charge is 2.49. The Labute approximate surface area is 265 Å². The van der Waals surface area contributed by atoms with Gasteiger partial charge < -0.3 is 25.4 Å². The molecule has 0 amide bonds. The molecule has 3 fully saturated rings. The zero-order valence-corrected chi connectivity index (χ0v) is 27.1. The van der Waals surface area contributed by atoms with E-state index in [2.05, 4.69) is 32.0 Å². The third-order valence-electron chi connectivity index (χ3n) is 10.1. The van der Waals surface area contributed by atoms with Crippen LogP contribution < -0.4 is 25.4 Å². The number of nitrogens with two attached hydrogens (primary N) is 1. The maximum atomic E-state index is 16.9. The zero-order chi connectivity index (χ0) is 32.7. The van der Waals surface area contributed by atoms with E-state index in [1.807, 2.05) is 6.92 Å². The first-order chi connectivity index (χ1) is 21.8. The number of ether oxygens (including phenoxy) is 2. The normalized spacial score (nSPS) is 27.8. The minimum Gasteiger partial charge on any atom is -0.472 e. The Balaban J connectivity index is 1.44. The number of hydrogen-bond acceptors (Lipinski definition) is 11. The number of halogens is 3. The van der Waals surface area contributed by atoms with Crippen LogP contribution in [0.1, 0.15) is 45.1 Å². The third-order valence-corrected chi connectivity index (χ3v) is 11.3. The summed E-state index contributed by atoms with van der Waals surface area (Å²) < 4.78 is 84.8. The first-order valence-electron chi connectivity index (χ1n) is 15.7. The minimum absolute atomic E-state index is 0.0134. The average molecular weight is 662 g/mol. The maximum absolute atomic E-state index is 16.9. The van der Waals surface area contributed by atoms with Crippen molar-refractivity contribution in [3.8, 4) is 23.1 Å². The van der Waals surface area contributed by atoms with Crippen LogP contribution in [0.3, 0.4) is 0 Å². The Morgan fingerprint density at radius 3 is 2.74 bits per heavy atom. The van der Waals surface area contributed by atoms with Gasteiger partial charge in [-0.3, -0.25) is 4.90 Å². The van der Waals surface area contributed by atoms with Crippen molar-refractivity contribution >= 4 is 32.2 Å². The topological polar surface area (TPSA) is 136 Å². The number of nitrogen functional groups attached to an aromatic ring is 1. The van der Waals surface area contributed by atoms with Gasteiger partial charge in [0, 0.05) is 49.5 Å². The second-order valence-electron chi connectivity index (χ2n) is 13.1. The number of nitrogens with one attached hydrogen (secondary N) is 1. The van der Waals surface area contributed by atoms with E-state index in [1.165, 1.54) is 6.92 Å². The Hall–Kier alpha value is -3.43. The molecule has 3 aromatic rings. The Kier molecular flexibility index (Phi) is 7.51. The smallest absolute Gasteiger partial charge is 0.319 e. The molecular weight excluding hydrogens is 623 g/mol. The lowest BCUT2D eigenvalue weighted by Gasteiger charge is -2.42. The fraction of sp³-hybridized carbons (Fsp3) is 0.581. The van der Waals surface area contributed by atoms with Crippen molar-refractivity contribution in [1.82, 2.24) is 25.2 Å². The van der Waals surface area contributed by atoms with Crippen LogP contribution in [0.2, 0.25) is 0 Å². The van der Waals surface area contributed by atoms with Crippen LogP contribution in [0.15, 0.2) is 11.0 Å². The Bertz CT molecular complexity index is 1850. The highest BCUT2D eigenvalue weighted by atomic mass is 32.2. The number of rotatable bonds is 6. The molecule has 3 saturated heterocycles. The summed E-state index contributed by atoms with van der Waals surface area (Å²) in [6.45, 7) is 7.59. The van der Waals surface area contributed by atoms with E-state index in [9.17, 15) is 17.2 Å². The highest BCUT2D eigenvalue weighted by Crippen LogP contribution is 2.45. The summed E-state index contributed by atoms with van der Waals surface area (Å²) in [7, 11) is -4.07. The molecule has 248 valence electrons. The van der Waals surface area contributed by atoms with Crippen LogP contribution >= 0.6 is 0 Å². The second-order valence-corrected chi connectivity index (χ2v) is 15.1. The summed E-state index contributed by atoms with van der Waals surface area (Å²) in [6, 6.07) is 0.898. The van der Waals surface area contributed by atoms with Crippen LogP contribution in [0, 0.1) is 18.6 Å². The minimum atomic E-state index is -4.07. The molecule has 7 rings (SSSR count). The first-order valence-corrected chi connectivity index (χ1v) is 17.6. The van der Waals surface area contributed by atoms with Gasteiger partial charge in [0.1, 0.15) is 47.1 Å². The fourth-order valence-electron chi connectivity index (χ4n) is 7.77. The van der Waals surface area contributed by atoms with E-state index >= 15 is 4.39 Å². The van der Waals surface area contributed by atoms with Gasteiger partial charge in [0.05, 0.1) is 22.2 Å². The standard InChI is InChI=1S/C31H38F3N7O4S/c1-5-18-13-41-21(11-36-18)16(3)45-29-22-26(24(34)25(37-29)19-9-20(35)23(33)15(2)27(19)46(4,42)43)38-30(39-28(22)41)44-14-31-7-6-8-40(31)12-17(32)10-31/h9,16-18,21,36H,5-8,10-14,35H2,1-4H3/t16-,17+,18+,21-,31-/m0/s1. The van der Waals surface area contributed by atoms with Gasteiger partial charge in [-0.2, -0.15) is 9.97 Å². The number of piperazine rings is 1. The quantitative estimate of drug-likeness (QED) is 0.376. The molecule has 4 aliphatic heterocycles. The largest absolute Gasteiger partial charge is 0.472 e. The molecule has 2 aromatic heterocycles. The second kappa shape index (κ2) is 11.1. The van der Waals surface area contributed by atoms with Crippen LogP contribution in [-0.4, -0.2) is 97.2 Å². The number of sulfone groups is 1. The van der Waals surface area contributed by atoms with Crippen LogP contribution in [0.5, 0.6) is 11.9 Å². The van der Waals surface area contributed by atoms with Crippen molar-refractivity contribution in [3.05, 3.63) is 23.3 Å². The summed E-state index contributed by atoms with van der Waals surface area (Å²) in [5, 5.41) is 3.75. The predicted octanol–water partition coefficient (Wildman–Crippen LogP) is 3.56. The highest BCUT2D eigenvalue weighted by molar-refractivity contribution is 7.90. The van der Waals surface area contributed by atoms with E-state index in [0.29, 0.717) is 31.9 Å². The van der Waals surface area contributed by atoms with E-state index < -0.39 is 49.9 Å². The lowest BCUT2D eigenvalue weighted by molar-refractivity contribution is 0.107.